The molecular weight excluding hydrogens is 1470 g/mol. The van der Waals surface area contributed by atoms with Crippen molar-refractivity contribution in [3.63, 3.8) is 0 Å². The van der Waals surface area contributed by atoms with Crippen LogP contribution in [0.4, 0.5) is 0 Å². The third kappa shape index (κ3) is 14.8. The molecule has 6 N–H and O–H groups in total. The Morgan fingerprint density at radius 1 is 0.214 bits per heavy atom. The maximum Gasteiger partial charge on any atom is 3.00 e. The van der Waals surface area contributed by atoms with Crippen LogP contribution in [0, 0.1) is 0 Å². The average molecular weight is 1510 g/mol. The summed E-state index contributed by atoms with van der Waals surface area (Å²) in [4.78, 5) is 38.3. The van der Waals surface area contributed by atoms with Gasteiger partial charge in [0.05, 0.1) is 84.9 Å². The first-order valence-corrected chi connectivity index (χ1v) is 35.7. The average Bonchev–Trinajstić information content (AvgIpc) is 1.62. The van der Waals surface area contributed by atoms with Gasteiger partial charge in [-0.25, -0.2) is 80.4 Å². The summed E-state index contributed by atoms with van der Waals surface area (Å²) in [7, 11) is -30.2. The molecule has 6 aliphatic heterocycles. The van der Waals surface area contributed by atoms with Gasteiger partial charge in [-0.05, 0) is 182 Å². The normalized spacial score (nSPS) is 13.3. The first-order valence-electron chi connectivity index (χ1n) is 27.3. The topological polar surface area (TPSA) is 515 Å². The molecule has 9 aromatic heterocycles. The van der Waals surface area contributed by atoms with E-state index in [0.29, 0.717) is 66.7 Å². The molecule has 0 aromatic carbocycles. The van der Waals surface area contributed by atoms with Crippen molar-refractivity contribution in [2.24, 2.45) is 0 Å². The van der Waals surface area contributed by atoms with Crippen LogP contribution in [0.25, 0.3) is 139 Å². The number of hydrogen-bond donors (Lipinski definition) is 6. The van der Waals surface area contributed by atoms with Gasteiger partial charge in [-0.15, -0.1) is 0 Å². The van der Waals surface area contributed by atoms with Gasteiger partial charge < -0.3 is 57.2 Å². The first kappa shape index (κ1) is 69.7. The zero-order valence-corrected chi connectivity index (χ0v) is 56.1. The summed E-state index contributed by atoms with van der Waals surface area (Å²) in [6.45, 7) is 0. The third-order valence-electron chi connectivity index (χ3n) is 14.4. The molecule has 0 amide bonds. The minimum Gasteiger partial charge on any atom is -0.744 e. The Morgan fingerprint density at radius 2 is 0.388 bits per heavy atom. The van der Waals surface area contributed by atoms with Crippen molar-refractivity contribution < 1.29 is 113 Å². The molecule has 492 valence electrons. The molecule has 98 heavy (non-hydrogen) atoms. The van der Waals surface area contributed by atoms with Crippen LogP contribution in [0.15, 0.2) is 139 Å². The van der Waals surface area contributed by atoms with Crippen molar-refractivity contribution in [3.05, 3.63) is 178 Å². The molecule has 2 radical (unpaired) electrons. The van der Waals surface area contributed by atoms with Crippen LogP contribution in [0.1, 0.15) is 68.3 Å². The Bertz CT molecular complexity index is 5810. The molecule has 0 aliphatic carbocycles. The quantitative estimate of drug-likeness (QED) is 0.0883. The van der Waals surface area contributed by atoms with E-state index in [1.54, 1.807) is 91.0 Å². The number of H-pyrrole nitrogens is 6. The van der Waals surface area contributed by atoms with Crippen molar-refractivity contribution in [2.45, 2.75) is 29.4 Å². The predicted octanol–water partition coefficient (Wildman–Crippen LogP) is 7.39. The van der Waals surface area contributed by atoms with Gasteiger partial charge >= 0.3 is 34.7 Å². The van der Waals surface area contributed by atoms with Gasteiger partial charge in [0.15, 0.2) is 0 Å². The van der Waals surface area contributed by atoms with E-state index in [9.17, 15) is 77.8 Å². The molecule has 0 saturated carbocycles. The van der Waals surface area contributed by atoms with Gasteiger partial charge in [0, 0.05) is 49.7 Å². The Kier molecular flexibility index (Phi) is 18.5. The van der Waals surface area contributed by atoms with Crippen LogP contribution < -0.4 is 0 Å². The van der Waals surface area contributed by atoms with Crippen LogP contribution in [-0.4, -0.2) is 138 Å². The van der Waals surface area contributed by atoms with Crippen LogP contribution in [-0.2, 0) is 95.4 Å². The fourth-order valence-electron chi connectivity index (χ4n) is 10.6. The molecule has 30 nitrogen and oxygen atoms in total. The van der Waals surface area contributed by atoms with Crippen molar-refractivity contribution >= 4 is 200 Å². The van der Waals surface area contributed by atoms with Crippen LogP contribution in [0.3, 0.4) is 0 Å². The molecule has 0 spiro atoms. The second kappa shape index (κ2) is 26.0. The van der Waals surface area contributed by atoms with E-state index in [1.807, 2.05) is 0 Å². The summed E-state index contributed by atoms with van der Waals surface area (Å²) in [5, 5.41) is 0. The third-order valence-corrected chi connectivity index (χ3v) is 19.9. The fourth-order valence-corrected chi connectivity index (χ4v) is 15.1. The summed E-state index contributed by atoms with van der Waals surface area (Å²) in [5.74, 6) is 0. The Hall–Kier alpha value is -9.68. The molecule has 24 bridgehead atoms. The monoisotopic (exact) mass is 1510 g/mol. The number of aromatic amines is 6. The summed E-state index contributed by atoms with van der Waals surface area (Å²) in [6, 6.07) is 29.7. The Labute approximate surface area is 574 Å². The fraction of sp³-hybridized carbons (Fsp3) is 0. The molecular formula is C60H36Cr2N12O18S6. The number of fused-ring (bicyclic) bond motifs is 24. The molecule has 0 fully saturated rings. The van der Waals surface area contributed by atoms with Crippen LogP contribution >= 0.6 is 0 Å². The van der Waals surface area contributed by atoms with Gasteiger partial charge in [-0.2, -0.15) is 0 Å². The van der Waals surface area contributed by atoms with Crippen LogP contribution in [0.5, 0.6) is 0 Å². The summed E-state index contributed by atoms with van der Waals surface area (Å²) in [5.41, 5.74) is 4.41. The standard InChI is InChI=1S/3C20H14N4O6S2.2Cr/c3*25-31(26,27)19-15-5-3-13(22-15)9-11-1-2-12(21-11)10-14-4-6-16(23-14)20(32(28,29)30)18-8-7-17(19)24-18;;/h3*1-10,21-22H,(H,25,26,27)(H,28,29,30);;/q;;;2*+3/p-6. The molecule has 0 atom stereocenters. The van der Waals surface area contributed by atoms with E-state index in [0.717, 1.165) is 18.2 Å². The van der Waals surface area contributed by atoms with Gasteiger partial charge in [0.2, 0.25) is 0 Å². The minimum atomic E-state index is -5.05. The smallest absolute Gasteiger partial charge is 0.744 e. The molecule has 6 aliphatic rings. The number of rotatable bonds is 6. The van der Waals surface area contributed by atoms with E-state index >= 15 is 0 Å². The Morgan fingerprint density at radius 3 is 0.612 bits per heavy atom. The summed E-state index contributed by atoms with van der Waals surface area (Å²) in [6.07, 6.45) is 15.6. The van der Waals surface area contributed by atoms with E-state index in [1.165, 1.54) is 72.9 Å². The van der Waals surface area contributed by atoms with Gasteiger partial charge in [0.1, 0.15) is 90.1 Å². The number of nitrogens with zero attached hydrogens (tertiary/aromatic N) is 6. The largest absolute Gasteiger partial charge is 3.00 e. The number of aromatic nitrogens is 12. The SMILES string of the molecule is O=S(=O)([O-])c1c2nc(cc3ccc(cc4ccc([nH]4)c(S(=O)(=O)[O-])c4nc1C=C4)[nH]3)C=C2.O=S(=O)([O-])c1c2nc(cc3ccc(cc4ccc([nH]4)c(S(=O)(=O)[O-])c4nc1C=C4)[nH]3)C=C2.O=S(=O)([O-])c1c2nc(cc3ccc(cc4ccc([nH]4)c(S(=O)(=O)[O-])c4nc1C=C4)[nH]3)C=C2.[Cr+3].[Cr+3]. The van der Waals surface area contributed by atoms with Crippen molar-refractivity contribution in [1.29, 1.82) is 0 Å². The zero-order valence-electron chi connectivity index (χ0n) is 48.6. The van der Waals surface area contributed by atoms with E-state index < -0.39 is 90.1 Å². The second-order valence-corrected chi connectivity index (χ2v) is 29.0. The maximum atomic E-state index is 12.0. The first-order chi connectivity index (χ1) is 45.2. The second-order valence-electron chi connectivity index (χ2n) is 21.1. The number of hydrogen-bond acceptors (Lipinski definition) is 24. The van der Waals surface area contributed by atoms with Gasteiger partial charge in [-0.3, -0.25) is 0 Å². The minimum absolute atomic E-state index is 0. The van der Waals surface area contributed by atoms with E-state index in [-0.39, 0.29) is 103 Å². The Balaban J connectivity index is 0.000000147. The number of nitrogens with one attached hydrogen (secondary N) is 6. The molecule has 15 rings (SSSR count). The van der Waals surface area contributed by atoms with Crippen molar-refractivity contribution in [3.8, 4) is 0 Å². The van der Waals surface area contributed by atoms with Crippen molar-refractivity contribution in [1.82, 2.24) is 59.8 Å². The van der Waals surface area contributed by atoms with E-state index in [4.69, 9.17) is 0 Å². The zero-order chi connectivity index (χ0) is 68.0. The predicted molar refractivity (Wildman–Crippen MR) is 344 cm³/mol. The molecule has 9 aromatic rings. The van der Waals surface area contributed by atoms with Crippen molar-refractivity contribution in [2.75, 3.05) is 0 Å². The molecule has 38 heteroatoms. The van der Waals surface area contributed by atoms with Gasteiger partial charge in [-0.1, -0.05) is 0 Å². The summed E-state index contributed by atoms with van der Waals surface area (Å²) >= 11 is 0. The van der Waals surface area contributed by atoms with Gasteiger partial charge in [0.25, 0.3) is 0 Å². The molecule has 15 heterocycles. The van der Waals surface area contributed by atoms with Crippen LogP contribution in [0.2, 0.25) is 0 Å². The van der Waals surface area contributed by atoms with E-state index in [2.05, 4.69) is 59.8 Å². The molecule has 0 saturated heterocycles. The molecule has 0 unspecified atom stereocenters. The summed E-state index contributed by atoms with van der Waals surface area (Å²) < 4.78 is 217. The maximum absolute atomic E-state index is 12.0.